The summed E-state index contributed by atoms with van der Waals surface area (Å²) in [6.45, 7) is 0. The van der Waals surface area contributed by atoms with Crippen LogP contribution in [0, 0.1) is 5.92 Å². The molecule has 1 aliphatic rings. The molecule has 122 valence electrons. The van der Waals surface area contributed by atoms with Crippen molar-refractivity contribution >= 4 is 17.5 Å². The lowest BCUT2D eigenvalue weighted by atomic mass is 10.0. The maximum Gasteiger partial charge on any atom is 0.221 e. The molecule has 1 aliphatic carbocycles. The summed E-state index contributed by atoms with van der Waals surface area (Å²) >= 11 is 5.98. The minimum absolute atomic E-state index is 0.0971. The molecule has 1 amide bonds. The quantitative estimate of drug-likeness (QED) is 0.904. The summed E-state index contributed by atoms with van der Waals surface area (Å²) in [4.78, 5) is 16.9. The SMILES string of the molecule is Cn1ccnc1C(NC(=O)CC1CCCC1)c1ccc(Cl)cc1. The Morgan fingerprint density at radius 1 is 1.35 bits per heavy atom. The van der Waals surface area contributed by atoms with Gasteiger partial charge in [-0.05, 0) is 36.5 Å². The Labute approximate surface area is 141 Å². The van der Waals surface area contributed by atoms with Crippen LogP contribution in [0.25, 0.3) is 0 Å². The van der Waals surface area contributed by atoms with Crippen LogP contribution in [0.5, 0.6) is 0 Å². The van der Waals surface area contributed by atoms with E-state index in [4.69, 9.17) is 11.6 Å². The average Bonchev–Trinajstić information content (AvgIpc) is 3.18. The van der Waals surface area contributed by atoms with Gasteiger partial charge in [0, 0.05) is 30.9 Å². The van der Waals surface area contributed by atoms with E-state index < -0.39 is 0 Å². The van der Waals surface area contributed by atoms with Crippen LogP contribution >= 0.6 is 11.6 Å². The molecule has 0 bridgehead atoms. The van der Waals surface area contributed by atoms with Crippen LogP contribution < -0.4 is 5.32 Å². The molecule has 3 rings (SSSR count). The molecule has 5 heteroatoms. The van der Waals surface area contributed by atoms with Gasteiger partial charge in [0.15, 0.2) is 0 Å². The van der Waals surface area contributed by atoms with Crippen molar-refractivity contribution in [1.29, 1.82) is 0 Å². The van der Waals surface area contributed by atoms with Gasteiger partial charge in [0.25, 0.3) is 0 Å². The van der Waals surface area contributed by atoms with E-state index in [1.165, 1.54) is 25.7 Å². The summed E-state index contributed by atoms with van der Waals surface area (Å²) in [5, 5.41) is 3.84. The summed E-state index contributed by atoms with van der Waals surface area (Å²) < 4.78 is 1.94. The number of rotatable bonds is 5. The molecule has 0 aliphatic heterocycles. The van der Waals surface area contributed by atoms with E-state index >= 15 is 0 Å². The van der Waals surface area contributed by atoms with Gasteiger partial charge in [-0.15, -0.1) is 0 Å². The fraction of sp³-hybridized carbons (Fsp3) is 0.444. The number of nitrogens with zero attached hydrogens (tertiary/aromatic N) is 2. The summed E-state index contributed by atoms with van der Waals surface area (Å²) in [5.74, 6) is 1.45. The Kier molecular flexibility index (Phi) is 5.01. The van der Waals surface area contributed by atoms with Gasteiger partial charge >= 0.3 is 0 Å². The number of aromatic nitrogens is 2. The molecule has 1 unspecified atom stereocenters. The minimum Gasteiger partial charge on any atom is -0.342 e. The Morgan fingerprint density at radius 3 is 2.65 bits per heavy atom. The molecule has 1 atom stereocenters. The Balaban J connectivity index is 1.79. The van der Waals surface area contributed by atoms with Crippen molar-refractivity contribution in [3.8, 4) is 0 Å². The topological polar surface area (TPSA) is 46.9 Å². The van der Waals surface area contributed by atoms with Gasteiger partial charge in [-0.3, -0.25) is 4.79 Å². The van der Waals surface area contributed by atoms with Crippen LogP contribution in [0.4, 0.5) is 0 Å². The van der Waals surface area contributed by atoms with E-state index in [-0.39, 0.29) is 11.9 Å². The second-order valence-electron chi connectivity index (χ2n) is 6.30. The lowest BCUT2D eigenvalue weighted by Crippen LogP contribution is -2.32. The number of halogens is 1. The zero-order valence-electron chi connectivity index (χ0n) is 13.3. The monoisotopic (exact) mass is 331 g/mol. The molecule has 1 aromatic heterocycles. The van der Waals surface area contributed by atoms with Gasteiger partial charge in [0.05, 0.1) is 0 Å². The fourth-order valence-corrected chi connectivity index (χ4v) is 3.43. The summed E-state index contributed by atoms with van der Waals surface area (Å²) in [7, 11) is 1.94. The van der Waals surface area contributed by atoms with Crippen LogP contribution in [0.2, 0.25) is 5.02 Å². The third-order valence-electron chi connectivity index (χ3n) is 4.57. The fourth-order valence-electron chi connectivity index (χ4n) is 3.30. The highest BCUT2D eigenvalue weighted by molar-refractivity contribution is 6.30. The lowest BCUT2D eigenvalue weighted by molar-refractivity contribution is -0.122. The highest BCUT2D eigenvalue weighted by Gasteiger charge is 2.23. The summed E-state index contributed by atoms with van der Waals surface area (Å²) in [6.07, 6.45) is 9.08. The molecule has 1 aromatic carbocycles. The molecule has 1 fully saturated rings. The molecular formula is C18H22ClN3O. The molecule has 1 N–H and O–H groups in total. The van der Waals surface area contributed by atoms with Gasteiger partial charge in [-0.1, -0.05) is 36.6 Å². The first-order valence-corrected chi connectivity index (χ1v) is 8.53. The summed E-state index contributed by atoms with van der Waals surface area (Å²) in [5.41, 5.74) is 0.989. The normalized spacial score (nSPS) is 16.4. The number of amides is 1. The Morgan fingerprint density at radius 2 is 2.04 bits per heavy atom. The zero-order chi connectivity index (χ0) is 16.2. The number of aryl methyl sites for hydroxylation is 1. The van der Waals surface area contributed by atoms with Gasteiger partial charge in [-0.25, -0.2) is 4.98 Å². The third kappa shape index (κ3) is 3.94. The second kappa shape index (κ2) is 7.18. The molecule has 0 radical (unpaired) electrons. The first-order chi connectivity index (χ1) is 11.1. The van der Waals surface area contributed by atoms with Gasteiger partial charge < -0.3 is 9.88 Å². The molecule has 23 heavy (non-hydrogen) atoms. The van der Waals surface area contributed by atoms with Crippen molar-refractivity contribution in [3.05, 3.63) is 53.1 Å². The van der Waals surface area contributed by atoms with Crippen LogP contribution in [0.3, 0.4) is 0 Å². The zero-order valence-corrected chi connectivity index (χ0v) is 14.1. The molecular weight excluding hydrogens is 310 g/mol. The first-order valence-electron chi connectivity index (χ1n) is 8.15. The average molecular weight is 332 g/mol. The molecule has 1 heterocycles. The van der Waals surface area contributed by atoms with Crippen molar-refractivity contribution in [2.24, 2.45) is 13.0 Å². The predicted molar refractivity (Wildman–Crippen MR) is 91.2 cm³/mol. The van der Waals surface area contributed by atoms with E-state index in [0.717, 1.165) is 11.4 Å². The molecule has 0 saturated heterocycles. The van der Waals surface area contributed by atoms with Crippen LogP contribution in [0.1, 0.15) is 49.5 Å². The number of carbonyl (C=O) groups excluding carboxylic acids is 1. The highest BCUT2D eigenvalue weighted by Crippen LogP contribution is 2.28. The van der Waals surface area contributed by atoms with Crippen LogP contribution in [0.15, 0.2) is 36.7 Å². The van der Waals surface area contributed by atoms with Crippen LogP contribution in [-0.2, 0) is 11.8 Å². The molecule has 4 nitrogen and oxygen atoms in total. The molecule has 1 saturated carbocycles. The molecule has 0 spiro atoms. The number of benzene rings is 1. The van der Waals surface area contributed by atoms with E-state index in [9.17, 15) is 4.79 Å². The van der Waals surface area contributed by atoms with Gasteiger partial charge in [0.2, 0.25) is 5.91 Å². The van der Waals surface area contributed by atoms with Crippen LogP contribution in [-0.4, -0.2) is 15.5 Å². The van der Waals surface area contributed by atoms with Crippen molar-refractivity contribution < 1.29 is 4.79 Å². The maximum absolute atomic E-state index is 12.5. The van der Waals surface area contributed by atoms with Crippen molar-refractivity contribution in [3.63, 3.8) is 0 Å². The highest BCUT2D eigenvalue weighted by atomic mass is 35.5. The van der Waals surface area contributed by atoms with Crippen molar-refractivity contribution in [2.75, 3.05) is 0 Å². The second-order valence-corrected chi connectivity index (χ2v) is 6.74. The third-order valence-corrected chi connectivity index (χ3v) is 4.83. The lowest BCUT2D eigenvalue weighted by Gasteiger charge is -2.20. The van der Waals surface area contributed by atoms with Crippen molar-refractivity contribution in [1.82, 2.24) is 14.9 Å². The maximum atomic E-state index is 12.5. The van der Waals surface area contributed by atoms with E-state index in [0.29, 0.717) is 17.4 Å². The first kappa shape index (κ1) is 16.1. The standard InChI is InChI=1S/C18H22ClN3O/c1-22-11-10-20-18(22)17(14-6-8-15(19)9-7-14)21-16(23)12-13-4-2-3-5-13/h6-11,13,17H,2-5,12H2,1H3,(H,21,23). The molecule has 2 aromatic rings. The Bertz CT molecular complexity index is 659. The number of imidazole rings is 1. The van der Waals surface area contributed by atoms with E-state index in [1.54, 1.807) is 6.20 Å². The van der Waals surface area contributed by atoms with Gasteiger partial charge in [-0.2, -0.15) is 0 Å². The number of hydrogen-bond donors (Lipinski definition) is 1. The predicted octanol–water partition coefficient (Wildman–Crippen LogP) is 3.86. The number of hydrogen-bond acceptors (Lipinski definition) is 2. The van der Waals surface area contributed by atoms with Gasteiger partial charge in [0.1, 0.15) is 11.9 Å². The van der Waals surface area contributed by atoms with E-state index in [1.807, 2.05) is 42.1 Å². The minimum atomic E-state index is -0.249. The summed E-state index contributed by atoms with van der Waals surface area (Å²) in [6, 6.07) is 7.32. The largest absolute Gasteiger partial charge is 0.342 e. The number of nitrogens with one attached hydrogen (secondary N) is 1. The smallest absolute Gasteiger partial charge is 0.221 e. The number of carbonyl (C=O) groups is 1. The van der Waals surface area contributed by atoms with Crippen molar-refractivity contribution in [2.45, 2.75) is 38.1 Å². The Hall–Kier alpha value is -1.81. The van der Waals surface area contributed by atoms with E-state index in [2.05, 4.69) is 10.3 Å².